The van der Waals surface area contributed by atoms with Crippen molar-refractivity contribution in [3.05, 3.63) is 0 Å². The number of aliphatic hydroxyl groups is 1. The molecule has 0 saturated heterocycles. The molecule has 2 atom stereocenters. The Morgan fingerprint density at radius 3 is 2.75 bits per heavy atom. The lowest BCUT2D eigenvalue weighted by Gasteiger charge is -2.15. The normalized spacial score (nSPS) is 15.0. The molecule has 0 saturated carbocycles. The third-order valence-electron chi connectivity index (χ3n) is 2.28. The molecule has 2 N–H and O–H groups in total. The number of nitrogens with one attached hydrogen (secondary N) is 1. The van der Waals surface area contributed by atoms with Crippen LogP contribution in [0.2, 0.25) is 0 Å². The maximum Gasteiger partial charge on any atom is 0.0897 e. The third kappa shape index (κ3) is 10.7. The number of hydrogen-bond acceptors (Lipinski definition) is 4. The minimum Gasteiger partial charge on any atom is -0.389 e. The minimum absolute atomic E-state index is 0.377. The Morgan fingerprint density at radius 2 is 2.12 bits per heavy atom. The van der Waals surface area contributed by atoms with Crippen molar-refractivity contribution in [3.8, 4) is 0 Å². The van der Waals surface area contributed by atoms with Crippen LogP contribution in [0.1, 0.15) is 26.7 Å². The summed E-state index contributed by atoms with van der Waals surface area (Å²) in [5.41, 5.74) is 0. The van der Waals surface area contributed by atoms with Crippen LogP contribution >= 0.6 is 11.8 Å². The Bertz CT molecular complexity index is 147. The summed E-state index contributed by atoms with van der Waals surface area (Å²) in [6.07, 6.45) is 3.96. The molecule has 0 aromatic heterocycles. The zero-order valence-corrected chi connectivity index (χ0v) is 11.7. The van der Waals surface area contributed by atoms with E-state index in [0.29, 0.717) is 19.1 Å². The summed E-state index contributed by atoms with van der Waals surface area (Å²) < 4.78 is 5.35. The molecular weight excluding hydrogens is 222 g/mol. The molecule has 0 amide bonds. The zero-order chi connectivity index (χ0) is 12.2. The fourth-order valence-corrected chi connectivity index (χ4v) is 2.05. The molecule has 98 valence electrons. The van der Waals surface area contributed by atoms with Crippen LogP contribution in [-0.4, -0.2) is 49.5 Å². The smallest absolute Gasteiger partial charge is 0.0897 e. The predicted octanol–water partition coefficient (Wildman–Crippen LogP) is 1.75. The van der Waals surface area contributed by atoms with E-state index in [1.54, 1.807) is 0 Å². The third-order valence-corrected chi connectivity index (χ3v) is 3.18. The van der Waals surface area contributed by atoms with E-state index in [9.17, 15) is 5.11 Å². The molecule has 0 aliphatic carbocycles. The van der Waals surface area contributed by atoms with E-state index >= 15 is 0 Å². The number of aliphatic hydroxyl groups excluding tert-OH is 1. The number of rotatable bonds is 11. The Hall–Kier alpha value is 0.230. The van der Waals surface area contributed by atoms with Crippen molar-refractivity contribution in [1.82, 2.24) is 5.32 Å². The van der Waals surface area contributed by atoms with Crippen LogP contribution < -0.4 is 5.32 Å². The first-order chi connectivity index (χ1) is 7.70. The van der Waals surface area contributed by atoms with Gasteiger partial charge in [-0.15, -0.1) is 0 Å². The molecule has 4 heteroatoms. The second-order valence-corrected chi connectivity index (χ2v) is 5.21. The summed E-state index contributed by atoms with van der Waals surface area (Å²) in [7, 11) is 0. The summed E-state index contributed by atoms with van der Waals surface area (Å²) in [4.78, 5) is 0. The van der Waals surface area contributed by atoms with Crippen molar-refractivity contribution >= 4 is 11.8 Å². The number of ether oxygens (including phenoxy) is 1. The van der Waals surface area contributed by atoms with Crippen molar-refractivity contribution in [2.75, 3.05) is 38.3 Å². The quantitative estimate of drug-likeness (QED) is 0.548. The molecule has 2 unspecified atom stereocenters. The topological polar surface area (TPSA) is 41.5 Å². The Balaban J connectivity index is 3.26. The standard InChI is InChI=1S/C12H27NO2S/c1-4-5-6-15-9-12(14)8-13-7-11(2)10-16-3/h11-14H,4-10H2,1-3H3. The van der Waals surface area contributed by atoms with Gasteiger partial charge in [0.25, 0.3) is 0 Å². The fourth-order valence-electron chi connectivity index (χ4n) is 1.36. The van der Waals surface area contributed by atoms with Crippen molar-refractivity contribution in [1.29, 1.82) is 0 Å². The van der Waals surface area contributed by atoms with E-state index in [4.69, 9.17) is 4.74 Å². The van der Waals surface area contributed by atoms with Gasteiger partial charge in [0, 0.05) is 13.2 Å². The first kappa shape index (κ1) is 16.2. The van der Waals surface area contributed by atoms with Crippen molar-refractivity contribution in [2.24, 2.45) is 5.92 Å². The highest BCUT2D eigenvalue weighted by molar-refractivity contribution is 7.98. The lowest BCUT2D eigenvalue weighted by molar-refractivity contribution is 0.0357. The Labute approximate surface area is 104 Å². The van der Waals surface area contributed by atoms with E-state index in [-0.39, 0.29) is 6.10 Å². The maximum atomic E-state index is 9.60. The van der Waals surface area contributed by atoms with Gasteiger partial charge in [-0.05, 0) is 30.9 Å². The molecule has 0 radical (unpaired) electrons. The summed E-state index contributed by atoms with van der Waals surface area (Å²) in [5.74, 6) is 1.82. The van der Waals surface area contributed by atoms with Crippen LogP contribution in [-0.2, 0) is 4.74 Å². The summed E-state index contributed by atoms with van der Waals surface area (Å²) >= 11 is 1.86. The largest absolute Gasteiger partial charge is 0.389 e. The molecule has 16 heavy (non-hydrogen) atoms. The second kappa shape index (κ2) is 11.7. The van der Waals surface area contributed by atoms with Gasteiger partial charge in [0.05, 0.1) is 12.7 Å². The van der Waals surface area contributed by atoms with Gasteiger partial charge >= 0.3 is 0 Å². The highest BCUT2D eigenvalue weighted by Gasteiger charge is 2.05. The lowest BCUT2D eigenvalue weighted by Crippen LogP contribution is -2.33. The van der Waals surface area contributed by atoms with E-state index in [2.05, 4.69) is 25.4 Å². The van der Waals surface area contributed by atoms with Gasteiger partial charge < -0.3 is 15.2 Å². The van der Waals surface area contributed by atoms with Gasteiger partial charge in [0.1, 0.15) is 0 Å². The maximum absolute atomic E-state index is 9.60. The summed E-state index contributed by atoms with van der Waals surface area (Å²) in [5, 5.41) is 12.9. The Kier molecular flexibility index (Phi) is 11.9. The SMILES string of the molecule is CCCCOCC(O)CNCC(C)CSC. The molecule has 0 aliphatic rings. The first-order valence-electron chi connectivity index (χ1n) is 6.16. The van der Waals surface area contributed by atoms with E-state index < -0.39 is 0 Å². The minimum atomic E-state index is -0.377. The molecule has 3 nitrogen and oxygen atoms in total. The van der Waals surface area contributed by atoms with Gasteiger partial charge in [-0.2, -0.15) is 11.8 Å². The van der Waals surface area contributed by atoms with E-state index in [1.807, 2.05) is 11.8 Å². The van der Waals surface area contributed by atoms with Crippen LogP contribution in [0, 0.1) is 5.92 Å². The van der Waals surface area contributed by atoms with Crippen molar-refractivity contribution in [2.45, 2.75) is 32.8 Å². The van der Waals surface area contributed by atoms with Gasteiger partial charge in [-0.3, -0.25) is 0 Å². The van der Waals surface area contributed by atoms with Gasteiger partial charge in [0.2, 0.25) is 0 Å². The monoisotopic (exact) mass is 249 g/mol. The lowest BCUT2D eigenvalue weighted by atomic mass is 10.2. The number of thioether (sulfide) groups is 1. The number of unbranched alkanes of at least 4 members (excludes halogenated alkanes) is 1. The predicted molar refractivity (Wildman–Crippen MR) is 72.1 cm³/mol. The second-order valence-electron chi connectivity index (χ2n) is 4.30. The van der Waals surface area contributed by atoms with E-state index in [0.717, 1.165) is 31.7 Å². The van der Waals surface area contributed by atoms with Gasteiger partial charge in [0.15, 0.2) is 0 Å². The molecule has 0 bridgehead atoms. The average molecular weight is 249 g/mol. The van der Waals surface area contributed by atoms with Gasteiger partial charge in [-0.1, -0.05) is 20.3 Å². The highest BCUT2D eigenvalue weighted by Crippen LogP contribution is 2.02. The van der Waals surface area contributed by atoms with Crippen LogP contribution in [0.5, 0.6) is 0 Å². The molecule has 0 aromatic rings. The fraction of sp³-hybridized carbons (Fsp3) is 1.00. The number of hydrogen-bond donors (Lipinski definition) is 2. The van der Waals surface area contributed by atoms with Crippen molar-refractivity contribution < 1.29 is 9.84 Å². The van der Waals surface area contributed by atoms with Gasteiger partial charge in [-0.25, -0.2) is 0 Å². The summed E-state index contributed by atoms with van der Waals surface area (Å²) in [6, 6.07) is 0. The van der Waals surface area contributed by atoms with E-state index in [1.165, 1.54) is 0 Å². The Morgan fingerprint density at radius 1 is 1.38 bits per heavy atom. The highest BCUT2D eigenvalue weighted by atomic mass is 32.2. The van der Waals surface area contributed by atoms with Crippen LogP contribution in [0.15, 0.2) is 0 Å². The molecule has 0 rings (SSSR count). The van der Waals surface area contributed by atoms with Crippen LogP contribution in [0.3, 0.4) is 0 Å². The molecule has 0 heterocycles. The first-order valence-corrected chi connectivity index (χ1v) is 7.55. The average Bonchev–Trinajstić information content (AvgIpc) is 2.25. The molecule has 0 fully saturated rings. The van der Waals surface area contributed by atoms with Crippen molar-refractivity contribution in [3.63, 3.8) is 0 Å². The molecular formula is C12H27NO2S. The molecule has 0 spiro atoms. The zero-order valence-electron chi connectivity index (χ0n) is 10.9. The van der Waals surface area contributed by atoms with Crippen LogP contribution in [0.4, 0.5) is 0 Å². The van der Waals surface area contributed by atoms with Crippen LogP contribution in [0.25, 0.3) is 0 Å². The molecule has 0 aromatic carbocycles. The summed E-state index contributed by atoms with van der Waals surface area (Å²) in [6.45, 7) is 7.15. The molecule has 0 aliphatic heterocycles.